The molecule has 110 valence electrons. The normalized spacial score (nSPS) is 14.8. The Hall–Kier alpha value is -1.91. The van der Waals surface area contributed by atoms with Crippen LogP contribution in [0.1, 0.15) is 12.8 Å². The predicted octanol–water partition coefficient (Wildman–Crippen LogP) is 1.65. The summed E-state index contributed by atoms with van der Waals surface area (Å²) in [7, 11) is 3.44. The Morgan fingerprint density at radius 2 is 1.90 bits per heavy atom. The Morgan fingerprint density at radius 3 is 2.50 bits per heavy atom. The Kier molecular flexibility index (Phi) is 5.53. The van der Waals surface area contributed by atoms with Crippen LogP contribution < -0.4 is 20.1 Å². The highest BCUT2D eigenvalue weighted by atomic mass is 16.5. The fourth-order valence-corrected chi connectivity index (χ4v) is 1.79. The van der Waals surface area contributed by atoms with Gasteiger partial charge in [0.05, 0.1) is 13.7 Å². The van der Waals surface area contributed by atoms with E-state index < -0.39 is 0 Å². The van der Waals surface area contributed by atoms with E-state index in [4.69, 9.17) is 9.47 Å². The van der Waals surface area contributed by atoms with E-state index >= 15 is 0 Å². The summed E-state index contributed by atoms with van der Waals surface area (Å²) in [6.45, 7) is 2.33. The molecule has 0 atom stereocenters. The van der Waals surface area contributed by atoms with Gasteiger partial charge in [0.15, 0.2) is 5.96 Å². The highest BCUT2D eigenvalue weighted by Crippen LogP contribution is 2.27. The van der Waals surface area contributed by atoms with Gasteiger partial charge in [-0.3, -0.25) is 4.99 Å². The summed E-state index contributed by atoms with van der Waals surface area (Å²) in [6.07, 6.45) is 2.68. The van der Waals surface area contributed by atoms with Crippen LogP contribution in [0.3, 0.4) is 0 Å². The van der Waals surface area contributed by atoms with Gasteiger partial charge in [-0.15, -0.1) is 0 Å². The number of hydrogen-bond donors (Lipinski definition) is 2. The lowest BCUT2D eigenvalue weighted by Gasteiger charge is -2.12. The van der Waals surface area contributed by atoms with Crippen LogP contribution in [0, 0.1) is 5.92 Å². The van der Waals surface area contributed by atoms with Gasteiger partial charge in [-0.05, 0) is 43.0 Å². The summed E-state index contributed by atoms with van der Waals surface area (Å²) < 4.78 is 10.7. The fraction of sp³-hybridized carbons (Fsp3) is 0.533. The molecule has 1 aliphatic carbocycles. The van der Waals surface area contributed by atoms with Crippen molar-refractivity contribution in [3.05, 3.63) is 24.3 Å². The van der Waals surface area contributed by atoms with Crippen LogP contribution in [0.25, 0.3) is 0 Å². The van der Waals surface area contributed by atoms with Crippen LogP contribution in [0.2, 0.25) is 0 Å². The van der Waals surface area contributed by atoms with E-state index in [1.807, 2.05) is 24.3 Å². The summed E-state index contributed by atoms with van der Waals surface area (Å²) in [4.78, 5) is 4.18. The fourth-order valence-electron chi connectivity index (χ4n) is 1.79. The number of methoxy groups -OCH3 is 1. The number of rotatable bonds is 7. The van der Waals surface area contributed by atoms with Gasteiger partial charge in [-0.25, -0.2) is 0 Å². The summed E-state index contributed by atoms with van der Waals surface area (Å²) in [6, 6.07) is 7.58. The standard InChI is InChI=1S/C15H23N3O2/c1-16-15(18-11-12-3-4-12)17-9-10-20-14-7-5-13(19-2)6-8-14/h5-8,12H,3-4,9-11H2,1-2H3,(H2,16,17,18). The first kappa shape index (κ1) is 14.5. The number of hydrogen-bond acceptors (Lipinski definition) is 3. The van der Waals surface area contributed by atoms with Crippen molar-refractivity contribution in [3.63, 3.8) is 0 Å². The minimum Gasteiger partial charge on any atom is -0.497 e. The maximum Gasteiger partial charge on any atom is 0.191 e. The zero-order valence-corrected chi connectivity index (χ0v) is 12.2. The second-order valence-electron chi connectivity index (χ2n) is 4.85. The van der Waals surface area contributed by atoms with Crippen molar-refractivity contribution in [1.82, 2.24) is 10.6 Å². The molecule has 0 unspecified atom stereocenters. The lowest BCUT2D eigenvalue weighted by atomic mass is 10.3. The van der Waals surface area contributed by atoms with Gasteiger partial charge in [-0.1, -0.05) is 0 Å². The van der Waals surface area contributed by atoms with Crippen molar-refractivity contribution in [2.24, 2.45) is 10.9 Å². The highest BCUT2D eigenvalue weighted by molar-refractivity contribution is 5.79. The van der Waals surface area contributed by atoms with E-state index in [1.165, 1.54) is 12.8 Å². The Morgan fingerprint density at radius 1 is 1.20 bits per heavy atom. The van der Waals surface area contributed by atoms with Crippen molar-refractivity contribution < 1.29 is 9.47 Å². The van der Waals surface area contributed by atoms with Crippen molar-refractivity contribution in [3.8, 4) is 11.5 Å². The van der Waals surface area contributed by atoms with E-state index in [2.05, 4.69) is 15.6 Å². The average Bonchev–Trinajstić information content (AvgIpc) is 3.31. The SMILES string of the molecule is CN=C(NCCOc1ccc(OC)cc1)NCC1CC1. The Bertz CT molecular complexity index is 427. The van der Waals surface area contributed by atoms with Gasteiger partial charge in [0.25, 0.3) is 0 Å². The van der Waals surface area contributed by atoms with E-state index in [-0.39, 0.29) is 0 Å². The predicted molar refractivity (Wildman–Crippen MR) is 80.6 cm³/mol. The van der Waals surface area contributed by atoms with Crippen LogP contribution in [-0.4, -0.2) is 39.8 Å². The zero-order chi connectivity index (χ0) is 14.2. The first-order chi connectivity index (χ1) is 9.81. The van der Waals surface area contributed by atoms with E-state index in [0.717, 1.165) is 36.5 Å². The molecule has 5 nitrogen and oxygen atoms in total. The number of ether oxygens (including phenoxy) is 2. The molecule has 20 heavy (non-hydrogen) atoms. The molecule has 0 amide bonds. The molecule has 1 fully saturated rings. The maximum absolute atomic E-state index is 5.64. The summed E-state index contributed by atoms with van der Waals surface area (Å²) in [5, 5.41) is 6.55. The van der Waals surface area contributed by atoms with Crippen LogP contribution >= 0.6 is 0 Å². The van der Waals surface area contributed by atoms with Crippen LogP contribution in [0.4, 0.5) is 0 Å². The second-order valence-corrected chi connectivity index (χ2v) is 4.85. The van der Waals surface area contributed by atoms with Gasteiger partial charge in [0, 0.05) is 13.6 Å². The molecule has 0 heterocycles. The first-order valence-corrected chi connectivity index (χ1v) is 7.03. The molecule has 1 saturated carbocycles. The van der Waals surface area contributed by atoms with Crippen molar-refractivity contribution >= 4 is 5.96 Å². The van der Waals surface area contributed by atoms with E-state index in [1.54, 1.807) is 14.2 Å². The topological polar surface area (TPSA) is 54.9 Å². The summed E-state index contributed by atoms with van der Waals surface area (Å²) in [5.74, 6) is 3.35. The monoisotopic (exact) mass is 277 g/mol. The molecule has 0 spiro atoms. The molecule has 1 aliphatic rings. The Labute approximate surface area is 120 Å². The molecule has 2 rings (SSSR count). The van der Waals surface area contributed by atoms with Gasteiger partial charge in [0.1, 0.15) is 18.1 Å². The summed E-state index contributed by atoms with van der Waals surface area (Å²) >= 11 is 0. The quantitative estimate of drug-likeness (QED) is 0.452. The molecule has 0 aromatic heterocycles. The maximum atomic E-state index is 5.64. The molecule has 1 aromatic carbocycles. The molecule has 2 N–H and O–H groups in total. The largest absolute Gasteiger partial charge is 0.497 e. The molecule has 0 radical (unpaired) electrons. The molecule has 0 saturated heterocycles. The number of guanidine groups is 1. The third-order valence-corrected chi connectivity index (χ3v) is 3.20. The smallest absolute Gasteiger partial charge is 0.191 e. The minimum atomic E-state index is 0.594. The van der Waals surface area contributed by atoms with Crippen LogP contribution in [0.5, 0.6) is 11.5 Å². The Balaban J connectivity index is 1.61. The number of aliphatic imine (C=N–C) groups is 1. The van der Waals surface area contributed by atoms with E-state index in [0.29, 0.717) is 6.61 Å². The molecular formula is C15H23N3O2. The number of nitrogens with zero attached hydrogens (tertiary/aromatic N) is 1. The first-order valence-electron chi connectivity index (χ1n) is 7.03. The minimum absolute atomic E-state index is 0.594. The number of nitrogens with one attached hydrogen (secondary N) is 2. The van der Waals surface area contributed by atoms with Crippen molar-refractivity contribution in [2.75, 3.05) is 33.9 Å². The van der Waals surface area contributed by atoms with Gasteiger partial charge in [0.2, 0.25) is 0 Å². The number of benzene rings is 1. The van der Waals surface area contributed by atoms with Gasteiger partial charge >= 0.3 is 0 Å². The van der Waals surface area contributed by atoms with Crippen molar-refractivity contribution in [2.45, 2.75) is 12.8 Å². The lowest BCUT2D eigenvalue weighted by molar-refractivity contribution is 0.321. The van der Waals surface area contributed by atoms with Gasteiger partial charge < -0.3 is 20.1 Å². The average molecular weight is 277 g/mol. The molecule has 0 bridgehead atoms. The third-order valence-electron chi connectivity index (χ3n) is 3.20. The van der Waals surface area contributed by atoms with Crippen LogP contribution in [0.15, 0.2) is 29.3 Å². The second kappa shape index (κ2) is 7.62. The third kappa shape index (κ3) is 4.99. The highest BCUT2D eigenvalue weighted by Gasteiger charge is 2.20. The van der Waals surface area contributed by atoms with Crippen LogP contribution in [-0.2, 0) is 0 Å². The van der Waals surface area contributed by atoms with Crippen molar-refractivity contribution in [1.29, 1.82) is 0 Å². The molecular weight excluding hydrogens is 254 g/mol. The molecule has 0 aliphatic heterocycles. The molecule has 1 aromatic rings. The zero-order valence-electron chi connectivity index (χ0n) is 12.2. The van der Waals surface area contributed by atoms with Gasteiger partial charge in [-0.2, -0.15) is 0 Å². The van der Waals surface area contributed by atoms with E-state index in [9.17, 15) is 0 Å². The lowest BCUT2D eigenvalue weighted by Crippen LogP contribution is -2.40. The summed E-state index contributed by atoms with van der Waals surface area (Å²) in [5.41, 5.74) is 0. The molecule has 5 heteroatoms.